The summed E-state index contributed by atoms with van der Waals surface area (Å²) < 4.78 is 34.1. The van der Waals surface area contributed by atoms with Gasteiger partial charge in [-0.2, -0.15) is 8.78 Å². The molecule has 1 unspecified atom stereocenters. The Hall–Kier alpha value is -2.67. The molecule has 3 rings (SSSR count). The van der Waals surface area contributed by atoms with Crippen molar-refractivity contribution in [1.29, 1.82) is 0 Å². The maximum atomic E-state index is 12.5. The van der Waals surface area contributed by atoms with Gasteiger partial charge in [0, 0.05) is 12.1 Å². The second-order valence-corrected chi connectivity index (χ2v) is 6.65. The van der Waals surface area contributed by atoms with Gasteiger partial charge in [0.2, 0.25) is 0 Å². The molecule has 5 nitrogen and oxygen atoms in total. The molecule has 1 amide bonds. The largest absolute Gasteiger partial charge is 0.497 e. The van der Waals surface area contributed by atoms with E-state index in [4.69, 9.17) is 4.74 Å². The minimum absolute atomic E-state index is 0.0258. The van der Waals surface area contributed by atoms with Crippen molar-refractivity contribution in [3.8, 4) is 11.5 Å². The molecule has 1 N–H and O–H groups in total. The van der Waals surface area contributed by atoms with E-state index < -0.39 is 6.61 Å². The zero-order valence-corrected chi connectivity index (χ0v) is 15.7. The number of halogens is 2. The van der Waals surface area contributed by atoms with Crippen molar-refractivity contribution in [3.63, 3.8) is 0 Å². The van der Waals surface area contributed by atoms with Crippen LogP contribution < -0.4 is 14.8 Å². The average molecular weight is 390 g/mol. The van der Waals surface area contributed by atoms with Crippen molar-refractivity contribution in [2.24, 2.45) is 0 Å². The Morgan fingerprint density at radius 3 is 2.46 bits per heavy atom. The van der Waals surface area contributed by atoms with Gasteiger partial charge in [-0.15, -0.1) is 0 Å². The molecule has 1 atom stereocenters. The predicted octanol–water partition coefficient (Wildman–Crippen LogP) is 3.86. The molecule has 0 aromatic heterocycles. The Morgan fingerprint density at radius 1 is 1.11 bits per heavy atom. The molecule has 150 valence electrons. The summed E-state index contributed by atoms with van der Waals surface area (Å²) in [6.07, 6.45) is 2.28. The molecule has 0 radical (unpaired) electrons. The van der Waals surface area contributed by atoms with Gasteiger partial charge in [-0.05, 0) is 67.9 Å². The monoisotopic (exact) mass is 390 g/mol. The van der Waals surface area contributed by atoms with Gasteiger partial charge in [0.25, 0.3) is 5.91 Å². The van der Waals surface area contributed by atoms with Crippen molar-refractivity contribution in [2.45, 2.75) is 25.5 Å². The molecular weight excluding hydrogens is 366 g/mol. The van der Waals surface area contributed by atoms with Gasteiger partial charge < -0.3 is 14.8 Å². The van der Waals surface area contributed by atoms with Crippen molar-refractivity contribution in [2.75, 3.05) is 26.7 Å². The molecule has 1 saturated heterocycles. The second-order valence-electron chi connectivity index (χ2n) is 6.65. The van der Waals surface area contributed by atoms with Crippen LogP contribution in [0.3, 0.4) is 0 Å². The molecule has 2 aromatic carbocycles. The zero-order valence-electron chi connectivity index (χ0n) is 15.7. The van der Waals surface area contributed by atoms with Crippen molar-refractivity contribution in [1.82, 2.24) is 10.2 Å². The van der Waals surface area contributed by atoms with Crippen molar-refractivity contribution < 1.29 is 23.0 Å². The third kappa shape index (κ3) is 5.19. The topological polar surface area (TPSA) is 50.8 Å². The van der Waals surface area contributed by atoms with Gasteiger partial charge in [-0.25, -0.2) is 0 Å². The van der Waals surface area contributed by atoms with E-state index in [0.717, 1.165) is 37.2 Å². The minimum atomic E-state index is -2.89. The molecule has 0 saturated carbocycles. The number of likely N-dealkylation sites (tertiary alicyclic amines) is 1. The highest BCUT2D eigenvalue weighted by Crippen LogP contribution is 2.27. The molecule has 1 fully saturated rings. The van der Waals surface area contributed by atoms with Crippen LogP contribution in [-0.2, 0) is 0 Å². The van der Waals surface area contributed by atoms with Crippen LogP contribution in [0.25, 0.3) is 0 Å². The molecule has 0 spiro atoms. The fourth-order valence-corrected chi connectivity index (χ4v) is 3.44. The molecule has 1 heterocycles. The molecule has 1 aliphatic rings. The highest BCUT2D eigenvalue weighted by Gasteiger charge is 2.24. The number of carbonyl (C=O) groups excluding carboxylic acids is 1. The predicted molar refractivity (Wildman–Crippen MR) is 102 cm³/mol. The van der Waals surface area contributed by atoms with E-state index >= 15 is 0 Å². The van der Waals surface area contributed by atoms with Crippen LogP contribution in [0, 0.1) is 0 Å². The van der Waals surface area contributed by atoms with E-state index in [0.29, 0.717) is 12.1 Å². The van der Waals surface area contributed by atoms with Gasteiger partial charge in [-0.1, -0.05) is 12.1 Å². The van der Waals surface area contributed by atoms with Crippen LogP contribution in [0.15, 0.2) is 48.5 Å². The molecule has 0 aliphatic carbocycles. The van der Waals surface area contributed by atoms with E-state index in [9.17, 15) is 13.6 Å². The summed E-state index contributed by atoms with van der Waals surface area (Å²) in [5.74, 6) is 0.552. The fourth-order valence-electron chi connectivity index (χ4n) is 3.44. The summed E-state index contributed by atoms with van der Waals surface area (Å²) in [5.41, 5.74) is 1.48. The number of hydrogen-bond donors (Lipinski definition) is 1. The fraction of sp³-hybridized carbons (Fsp3) is 0.381. The Balaban J connectivity index is 1.68. The van der Waals surface area contributed by atoms with Gasteiger partial charge in [-0.3, -0.25) is 9.69 Å². The number of carbonyl (C=O) groups is 1. The molecule has 2 aromatic rings. The molecule has 7 heteroatoms. The number of hydrogen-bond acceptors (Lipinski definition) is 4. The summed E-state index contributed by atoms with van der Waals surface area (Å²) in [7, 11) is 1.63. The molecule has 0 bridgehead atoms. The zero-order chi connectivity index (χ0) is 19.9. The lowest BCUT2D eigenvalue weighted by Gasteiger charge is -2.28. The summed E-state index contributed by atoms with van der Waals surface area (Å²) in [5, 5.41) is 2.96. The van der Waals surface area contributed by atoms with Crippen LogP contribution in [0.1, 0.15) is 34.8 Å². The van der Waals surface area contributed by atoms with Gasteiger partial charge >= 0.3 is 6.61 Å². The molecule has 1 aliphatic heterocycles. The van der Waals surface area contributed by atoms with Gasteiger partial charge in [0.15, 0.2) is 0 Å². The van der Waals surface area contributed by atoms with E-state index in [-0.39, 0.29) is 17.7 Å². The van der Waals surface area contributed by atoms with Crippen LogP contribution in [0.4, 0.5) is 8.78 Å². The second kappa shape index (κ2) is 9.50. The first kappa shape index (κ1) is 20.1. The number of benzene rings is 2. The number of rotatable bonds is 8. The summed E-state index contributed by atoms with van der Waals surface area (Å²) in [6.45, 7) is -0.473. The van der Waals surface area contributed by atoms with E-state index in [2.05, 4.69) is 15.0 Å². The number of methoxy groups -OCH3 is 1. The lowest BCUT2D eigenvalue weighted by molar-refractivity contribution is -0.0498. The molecule has 28 heavy (non-hydrogen) atoms. The number of nitrogens with one attached hydrogen (secondary N) is 1. The normalized spacial score (nSPS) is 15.4. The van der Waals surface area contributed by atoms with Crippen LogP contribution in [0.5, 0.6) is 11.5 Å². The Morgan fingerprint density at radius 2 is 1.82 bits per heavy atom. The summed E-state index contributed by atoms with van der Waals surface area (Å²) in [6, 6.07) is 13.6. The van der Waals surface area contributed by atoms with Gasteiger partial charge in [0.05, 0.1) is 13.2 Å². The number of ether oxygens (including phenoxy) is 2. The third-order valence-corrected chi connectivity index (χ3v) is 4.86. The molecular formula is C21H24F2N2O3. The summed E-state index contributed by atoms with van der Waals surface area (Å²) >= 11 is 0. The van der Waals surface area contributed by atoms with Crippen LogP contribution in [0.2, 0.25) is 0 Å². The van der Waals surface area contributed by atoms with E-state index in [1.807, 2.05) is 24.3 Å². The van der Waals surface area contributed by atoms with Crippen molar-refractivity contribution in [3.05, 3.63) is 59.7 Å². The smallest absolute Gasteiger partial charge is 0.387 e. The standard InChI is InChI=1S/C21H24F2N2O3/c1-27-18-6-4-5-16(13-18)19(25-11-2-3-12-25)14-24-20(26)15-7-9-17(10-8-15)28-21(22)23/h4-10,13,19,21H,2-3,11-12,14H2,1H3,(H,24,26). The lowest BCUT2D eigenvalue weighted by Crippen LogP contribution is -2.36. The average Bonchev–Trinajstić information content (AvgIpc) is 3.23. The van der Waals surface area contributed by atoms with E-state index in [1.54, 1.807) is 7.11 Å². The minimum Gasteiger partial charge on any atom is -0.497 e. The third-order valence-electron chi connectivity index (χ3n) is 4.86. The number of alkyl halides is 2. The SMILES string of the molecule is COc1cccc(C(CNC(=O)c2ccc(OC(F)F)cc2)N2CCCC2)c1. The first-order valence-electron chi connectivity index (χ1n) is 9.28. The quantitative estimate of drug-likeness (QED) is 0.744. The highest BCUT2D eigenvalue weighted by atomic mass is 19.3. The highest BCUT2D eigenvalue weighted by molar-refractivity contribution is 5.94. The Labute approximate surface area is 163 Å². The van der Waals surface area contributed by atoms with E-state index in [1.165, 1.54) is 24.3 Å². The first-order chi connectivity index (χ1) is 13.6. The Bertz CT molecular complexity index is 777. The van der Waals surface area contributed by atoms with Gasteiger partial charge in [0.1, 0.15) is 11.5 Å². The number of amides is 1. The maximum Gasteiger partial charge on any atom is 0.387 e. The maximum absolute atomic E-state index is 12.5. The van der Waals surface area contributed by atoms with Crippen molar-refractivity contribution >= 4 is 5.91 Å². The Kier molecular flexibility index (Phi) is 6.81. The lowest BCUT2D eigenvalue weighted by atomic mass is 10.0. The summed E-state index contributed by atoms with van der Waals surface area (Å²) in [4.78, 5) is 14.9. The van der Waals surface area contributed by atoms with Crippen LogP contribution >= 0.6 is 0 Å². The first-order valence-corrected chi connectivity index (χ1v) is 9.28. The van der Waals surface area contributed by atoms with Crippen LogP contribution in [-0.4, -0.2) is 44.2 Å². The number of nitrogens with zero attached hydrogens (tertiary/aromatic N) is 1.